The molecule has 1 saturated carbocycles. The van der Waals surface area contributed by atoms with Gasteiger partial charge in [-0.3, -0.25) is 0 Å². The zero-order valence-corrected chi connectivity index (χ0v) is 22.2. The molecule has 3 atom stereocenters. The SMILES string of the molecule is C=C1/C(=C/C2=CC=C[CH]2)CCCC12C(C1=C[CH]C=C1)CC1=C(CCC/C1=C/C1=CC=C[CH]1)C2C1=C[CH]C=C1. The van der Waals surface area contributed by atoms with Crippen LogP contribution in [0.5, 0.6) is 0 Å². The van der Waals surface area contributed by atoms with Gasteiger partial charge in [-0.15, -0.1) is 0 Å². The van der Waals surface area contributed by atoms with Crippen molar-refractivity contribution in [2.45, 2.75) is 44.9 Å². The second kappa shape index (κ2) is 9.88. The van der Waals surface area contributed by atoms with E-state index in [2.05, 4.69) is 111 Å². The molecule has 7 aliphatic rings. The van der Waals surface area contributed by atoms with E-state index >= 15 is 0 Å². The molecule has 1 fully saturated rings. The maximum atomic E-state index is 4.99. The van der Waals surface area contributed by atoms with Crippen molar-refractivity contribution in [3.63, 3.8) is 0 Å². The summed E-state index contributed by atoms with van der Waals surface area (Å²) < 4.78 is 0. The number of allylic oxidation sites excluding steroid dienone is 23. The van der Waals surface area contributed by atoms with Gasteiger partial charge in [-0.25, -0.2) is 0 Å². The van der Waals surface area contributed by atoms with E-state index in [9.17, 15) is 0 Å². The van der Waals surface area contributed by atoms with Gasteiger partial charge in [0.25, 0.3) is 0 Å². The Kier molecular flexibility index (Phi) is 6.23. The van der Waals surface area contributed by atoms with Gasteiger partial charge in [-0.1, -0.05) is 97.2 Å². The molecule has 0 saturated heterocycles. The minimum absolute atomic E-state index is 0.000965. The lowest BCUT2D eigenvalue weighted by Crippen LogP contribution is -2.47. The molecule has 38 heavy (non-hydrogen) atoms. The van der Waals surface area contributed by atoms with Gasteiger partial charge in [0.15, 0.2) is 0 Å². The van der Waals surface area contributed by atoms with Crippen molar-refractivity contribution in [3.8, 4) is 0 Å². The smallest absolute Gasteiger partial charge is 0.0154 e. The van der Waals surface area contributed by atoms with Gasteiger partial charge in [0.2, 0.25) is 0 Å². The lowest BCUT2D eigenvalue weighted by molar-refractivity contribution is 0.139. The minimum Gasteiger partial charge on any atom is -0.0949 e. The third kappa shape index (κ3) is 3.96. The summed E-state index contributed by atoms with van der Waals surface area (Å²) in [7, 11) is 0. The van der Waals surface area contributed by atoms with Crippen molar-refractivity contribution in [2.24, 2.45) is 17.3 Å². The van der Waals surface area contributed by atoms with Gasteiger partial charge in [0.05, 0.1) is 0 Å². The molecular weight excluding hydrogens is 456 g/mol. The molecule has 4 radical (unpaired) electrons. The van der Waals surface area contributed by atoms with Crippen LogP contribution in [0.3, 0.4) is 0 Å². The first-order valence-electron chi connectivity index (χ1n) is 14.4. The Labute approximate surface area is 229 Å². The highest BCUT2D eigenvalue weighted by molar-refractivity contribution is 5.60. The normalized spacial score (nSPS) is 34.1. The standard InChI is InChI=1S/C38H36/c1-27-32(24-28-12-2-3-13-28)21-11-23-38(27)36(30-16-6-7-17-30)26-35-33(25-29-14-4-5-15-29)20-10-22-34(35)37(38)31-18-8-9-19-31/h2-9,12-19,24-25,36-37H,1,10-11,20-23,26H2/b32-24+,33-25-. The van der Waals surface area contributed by atoms with Gasteiger partial charge < -0.3 is 0 Å². The molecule has 7 aliphatic carbocycles. The van der Waals surface area contributed by atoms with Crippen LogP contribution < -0.4 is 0 Å². The molecule has 0 heteroatoms. The first-order chi connectivity index (χ1) is 18.7. The van der Waals surface area contributed by atoms with Crippen LogP contribution in [0, 0.1) is 42.9 Å². The van der Waals surface area contributed by atoms with Gasteiger partial charge in [0, 0.05) is 37.0 Å². The van der Waals surface area contributed by atoms with Crippen LogP contribution in [0.1, 0.15) is 44.9 Å². The summed E-state index contributed by atoms with van der Waals surface area (Å²) in [6.07, 6.45) is 49.3. The monoisotopic (exact) mass is 492 g/mol. The lowest BCUT2D eigenvalue weighted by atomic mass is 9.46. The fourth-order valence-corrected chi connectivity index (χ4v) is 8.14. The third-order valence-electron chi connectivity index (χ3n) is 9.72. The van der Waals surface area contributed by atoms with E-state index in [0.717, 1.165) is 12.8 Å². The molecule has 1 spiro atoms. The summed E-state index contributed by atoms with van der Waals surface area (Å²) in [5.74, 6) is 0.800. The second-order valence-corrected chi connectivity index (χ2v) is 11.6. The van der Waals surface area contributed by atoms with Gasteiger partial charge in [-0.05, 0) is 95.4 Å². The highest BCUT2D eigenvalue weighted by Crippen LogP contribution is 2.65. The predicted molar refractivity (Wildman–Crippen MR) is 160 cm³/mol. The predicted octanol–water partition coefficient (Wildman–Crippen LogP) is 9.48. The highest BCUT2D eigenvalue weighted by Gasteiger charge is 2.55. The Balaban J connectivity index is 1.42. The maximum Gasteiger partial charge on any atom is 0.0154 e. The fraction of sp³-hybridized carbons (Fsp3) is 0.263. The lowest BCUT2D eigenvalue weighted by Gasteiger charge is -2.57. The molecule has 0 N–H and O–H groups in total. The van der Waals surface area contributed by atoms with Crippen LogP contribution in [-0.2, 0) is 0 Å². The van der Waals surface area contributed by atoms with Crippen molar-refractivity contribution in [1.29, 1.82) is 0 Å². The van der Waals surface area contributed by atoms with Gasteiger partial charge in [-0.2, -0.15) is 0 Å². The zero-order valence-electron chi connectivity index (χ0n) is 22.2. The van der Waals surface area contributed by atoms with Crippen LogP contribution in [0.15, 0.2) is 142 Å². The summed E-state index contributed by atoms with van der Waals surface area (Å²) in [5.41, 5.74) is 13.4. The Morgan fingerprint density at radius 3 is 2.05 bits per heavy atom. The first-order valence-corrected chi connectivity index (χ1v) is 14.4. The van der Waals surface area contributed by atoms with Crippen molar-refractivity contribution < 1.29 is 0 Å². The zero-order chi connectivity index (χ0) is 25.5. The summed E-state index contributed by atoms with van der Waals surface area (Å²) >= 11 is 0. The summed E-state index contributed by atoms with van der Waals surface area (Å²) in [6.45, 7) is 4.99. The van der Waals surface area contributed by atoms with E-state index in [1.54, 1.807) is 16.7 Å². The van der Waals surface area contributed by atoms with Crippen LogP contribution in [-0.4, -0.2) is 0 Å². The highest BCUT2D eigenvalue weighted by atomic mass is 14.6. The third-order valence-corrected chi connectivity index (χ3v) is 9.72. The number of hydrogen-bond donors (Lipinski definition) is 0. The molecular formula is C38H36. The summed E-state index contributed by atoms with van der Waals surface area (Å²) in [5, 5.41) is 0. The van der Waals surface area contributed by atoms with E-state index in [0.29, 0.717) is 11.8 Å². The minimum atomic E-state index is 0.000965. The molecule has 0 aromatic carbocycles. The van der Waals surface area contributed by atoms with Crippen molar-refractivity contribution in [3.05, 3.63) is 167 Å². The Bertz CT molecular complexity index is 1400. The molecule has 0 nitrogen and oxygen atoms in total. The van der Waals surface area contributed by atoms with Crippen LogP contribution in [0.2, 0.25) is 0 Å². The van der Waals surface area contributed by atoms with Crippen LogP contribution in [0.4, 0.5) is 0 Å². The topological polar surface area (TPSA) is 0 Å². The molecule has 0 aromatic rings. The van der Waals surface area contributed by atoms with Gasteiger partial charge >= 0.3 is 0 Å². The molecule has 188 valence electrons. The molecule has 0 heterocycles. The van der Waals surface area contributed by atoms with E-state index < -0.39 is 0 Å². The summed E-state index contributed by atoms with van der Waals surface area (Å²) in [4.78, 5) is 0. The van der Waals surface area contributed by atoms with Gasteiger partial charge in [0.1, 0.15) is 0 Å². The quantitative estimate of drug-likeness (QED) is 0.366. The van der Waals surface area contributed by atoms with Crippen molar-refractivity contribution in [1.82, 2.24) is 0 Å². The maximum absolute atomic E-state index is 4.99. The Hall–Kier alpha value is -3.12. The average molecular weight is 493 g/mol. The van der Waals surface area contributed by atoms with Crippen LogP contribution >= 0.6 is 0 Å². The Morgan fingerprint density at radius 1 is 0.711 bits per heavy atom. The molecule has 0 aromatic heterocycles. The van der Waals surface area contributed by atoms with Crippen molar-refractivity contribution >= 4 is 0 Å². The number of rotatable bonds is 4. The second-order valence-electron chi connectivity index (χ2n) is 11.6. The molecule has 0 aliphatic heterocycles. The first kappa shape index (κ1) is 24.0. The number of hydrogen-bond acceptors (Lipinski definition) is 0. The van der Waals surface area contributed by atoms with E-state index in [4.69, 9.17) is 6.58 Å². The fourth-order valence-electron chi connectivity index (χ4n) is 8.14. The molecule has 0 amide bonds. The van der Waals surface area contributed by atoms with E-state index in [1.807, 2.05) is 0 Å². The Morgan fingerprint density at radius 2 is 1.39 bits per heavy atom. The molecule has 7 rings (SSSR count). The van der Waals surface area contributed by atoms with E-state index in [1.165, 1.54) is 65.5 Å². The van der Waals surface area contributed by atoms with Crippen molar-refractivity contribution in [2.75, 3.05) is 0 Å². The average Bonchev–Trinajstić information content (AvgIpc) is 3.76. The van der Waals surface area contributed by atoms with Crippen LogP contribution in [0.25, 0.3) is 0 Å². The molecule has 0 bridgehead atoms. The molecule has 3 unspecified atom stereocenters. The largest absolute Gasteiger partial charge is 0.0949 e. The van der Waals surface area contributed by atoms with E-state index in [-0.39, 0.29) is 5.41 Å². The summed E-state index contributed by atoms with van der Waals surface area (Å²) in [6, 6.07) is 0.